The van der Waals surface area contributed by atoms with Crippen molar-refractivity contribution in [3.8, 4) is 0 Å². The van der Waals surface area contributed by atoms with Crippen LogP contribution in [0.1, 0.15) is 55.3 Å². The lowest BCUT2D eigenvalue weighted by Gasteiger charge is -2.35. The number of hydrogen-bond acceptors (Lipinski definition) is 1. The van der Waals surface area contributed by atoms with Crippen molar-refractivity contribution in [2.24, 2.45) is 5.92 Å². The van der Waals surface area contributed by atoms with E-state index in [9.17, 15) is 0 Å². The molecule has 0 radical (unpaired) electrons. The monoisotopic (exact) mass is 279 g/mol. The van der Waals surface area contributed by atoms with Gasteiger partial charge < -0.3 is 5.32 Å². The van der Waals surface area contributed by atoms with Gasteiger partial charge in [-0.3, -0.25) is 0 Å². The normalized spacial score (nSPS) is 18.9. The molecular formula is C20H25N. The molecule has 1 heteroatoms. The zero-order valence-electron chi connectivity index (χ0n) is 13.0. The third-order valence-corrected chi connectivity index (χ3v) is 5.48. The summed E-state index contributed by atoms with van der Waals surface area (Å²) in [5, 5.41) is 6.92. The van der Waals surface area contributed by atoms with Crippen molar-refractivity contribution in [3.63, 3.8) is 0 Å². The smallest absolute Gasteiger partial charge is 0.0354 e. The second-order valence-electron chi connectivity index (χ2n) is 6.78. The van der Waals surface area contributed by atoms with E-state index in [1.54, 1.807) is 22.1 Å². The molecule has 0 bridgehead atoms. The molecule has 1 N–H and O–H groups in total. The molecule has 2 aliphatic carbocycles. The van der Waals surface area contributed by atoms with E-state index in [-0.39, 0.29) is 0 Å². The van der Waals surface area contributed by atoms with Crippen LogP contribution in [0.2, 0.25) is 0 Å². The Balaban J connectivity index is 1.81. The van der Waals surface area contributed by atoms with Gasteiger partial charge in [0.15, 0.2) is 0 Å². The predicted molar refractivity (Wildman–Crippen MR) is 89.7 cm³/mol. The Hall–Kier alpha value is -1.34. The summed E-state index contributed by atoms with van der Waals surface area (Å²) < 4.78 is 0. The fourth-order valence-corrected chi connectivity index (χ4v) is 4.14. The molecule has 2 aliphatic rings. The summed E-state index contributed by atoms with van der Waals surface area (Å²) in [5.41, 5.74) is 4.68. The maximum Gasteiger partial charge on any atom is 0.0354 e. The minimum Gasteiger partial charge on any atom is -0.310 e. The molecule has 4 rings (SSSR count). The highest BCUT2D eigenvalue weighted by molar-refractivity contribution is 5.93. The van der Waals surface area contributed by atoms with Gasteiger partial charge in [0.05, 0.1) is 0 Å². The van der Waals surface area contributed by atoms with E-state index >= 15 is 0 Å². The molecule has 0 aromatic heterocycles. The third-order valence-electron chi connectivity index (χ3n) is 5.48. The van der Waals surface area contributed by atoms with E-state index in [2.05, 4.69) is 42.6 Å². The Kier molecular flexibility index (Phi) is 3.46. The molecule has 2 aromatic rings. The van der Waals surface area contributed by atoms with Crippen LogP contribution in [0, 0.1) is 5.92 Å². The third kappa shape index (κ3) is 2.19. The van der Waals surface area contributed by atoms with Crippen molar-refractivity contribution in [1.29, 1.82) is 0 Å². The molecule has 0 saturated heterocycles. The summed E-state index contributed by atoms with van der Waals surface area (Å²) in [6, 6.07) is 12.3. The van der Waals surface area contributed by atoms with Crippen molar-refractivity contribution in [2.75, 3.05) is 6.54 Å². The molecular weight excluding hydrogens is 254 g/mol. The first kappa shape index (κ1) is 13.3. The highest BCUT2D eigenvalue weighted by Crippen LogP contribution is 2.42. The molecule has 1 nitrogen and oxygen atoms in total. The maximum absolute atomic E-state index is 3.84. The zero-order valence-corrected chi connectivity index (χ0v) is 13.0. The highest BCUT2D eigenvalue weighted by Gasteiger charge is 2.30. The van der Waals surface area contributed by atoms with E-state index in [0.29, 0.717) is 6.04 Å². The minimum atomic E-state index is 0.559. The fraction of sp³-hybridized carbons (Fsp3) is 0.500. The second kappa shape index (κ2) is 5.46. The Morgan fingerprint density at radius 3 is 2.62 bits per heavy atom. The summed E-state index contributed by atoms with van der Waals surface area (Å²) >= 11 is 0. The maximum atomic E-state index is 3.84. The topological polar surface area (TPSA) is 12.0 Å². The van der Waals surface area contributed by atoms with Gasteiger partial charge in [0.1, 0.15) is 0 Å². The minimum absolute atomic E-state index is 0.559. The van der Waals surface area contributed by atoms with Gasteiger partial charge in [-0.25, -0.2) is 0 Å². The Morgan fingerprint density at radius 2 is 1.90 bits per heavy atom. The molecule has 0 aliphatic heterocycles. The number of rotatable bonds is 5. The Morgan fingerprint density at radius 1 is 1.10 bits per heavy atom. The lowest BCUT2D eigenvalue weighted by molar-refractivity contribution is 0.232. The largest absolute Gasteiger partial charge is 0.310 e. The molecule has 1 unspecified atom stereocenters. The Labute approximate surface area is 127 Å². The van der Waals surface area contributed by atoms with Gasteiger partial charge in [0.25, 0.3) is 0 Å². The highest BCUT2D eigenvalue weighted by atomic mass is 14.9. The van der Waals surface area contributed by atoms with E-state index in [1.807, 2.05) is 0 Å². The molecule has 110 valence electrons. The van der Waals surface area contributed by atoms with E-state index in [4.69, 9.17) is 0 Å². The van der Waals surface area contributed by atoms with Gasteiger partial charge in [-0.2, -0.15) is 0 Å². The fourth-order valence-electron chi connectivity index (χ4n) is 4.14. The lowest BCUT2D eigenvalue weighted by Crippen LogP contribution is -2.32. The van der Waals surface area contributed by atoms with E-state index in [1.165, 1.54) is 43.9 Å². The van der Waals surface area contributed by atoms with E-state index in [0.717, 1.165) is 12.5 Å². The summed E-state index contributed by atoms with van der Waals surface area (Å²) in [6.45, 7) is 3.39. The summed E-state index contributed by atoms with van der Waals surface area (Å²) in [5.74, 6) is 0.843. The number of hydrogen-bond donors (Lipinski definition) is 1. The van der Waals surface area contributed by atoms with Gasteiger partial charge in [-0.1, -0.05) is 43.7 Å². The average molecular weight is 279 g/mol. The molecule has 0 spiro atoms. The van der Waals surface area contributed by atoms with Crippen LogP contribution >= 0.6 is 0 Å². The van der Waals surface area contributed by atoms with Crippen molar-refractivity contribution in [3.05, 3.63) is 47.0 Å². The molecule has 1 atom stereocenters. The summed E-state index contributed by atoms with van der Waals surface area (Å²) in [7, 11) is 0. The first-order valence-corrected chi connectivity index (χ1v) is 8.65. The van der Waals surface area contributed by atoms with Crippen molar-refractivity contribution in [1.82, 2.24) is 5.32 Å². The van der Waals surface area contributed by atoms with Crippen LogP contribution in [0.15, 0.2) is 30.3 Å². The number of nitrogens with one attached hydrogen (secondary N) is 1. The lowest BCUT2D eigenvalue weighted by atomic mass is 9.76. The van der Waals surface area contributed by atoms with Crippen LogP contribution in [0.25, 0.3) is 10.8 Å². The van der Waals surface area contributed by atoms with Crippen LogP contribution in [-0.2, 0) is 12.8 Å². The second-order valence-corrected chi connectivity index (χ2v) is 6.78. The molecule has 0 heterocycles. The predicted octanol–water partition coefficient (Wildman–Crippen LogP) is 4.78. The van der Waals surface area contributed by atoms with Gasteiger partial charge in [0.2, 0.25) is 0 Å². The van der Waals surface area contributed by atoms with Gasteiger partial charge >= 0.3 is 0 Å². The first-order valence-electron chi connectivity index (χ1n) is 8.65. The molecule has 0 amide bonds. The van der Waals surface area contributed by atoms with Crippen molar-refractivity contribution >= 4 is 10.8 Å². The average Bonchev–Trinajstić information content (AvgIpc) is 2.88. The quantitative estimate of drug-likeness (QED) is 0.830. The van der Waals surface area contributed by atoms with E-state index < -0.39 is 0 Å². The zero-order chi connectivity index (χ0) is 14.2. The van der Waals surface area contributed by atoms with Crippen LogP contribution in [-0.4, -0.2) is 6.54 Å². The number of aryl methyl sites for hydroxylation is 2. The summed E-state index contributed by atoms with van der Waals surface area (Å²) in [6.07, 6.45) is 7.87. The molecule has 2 aromatic carbocycles. The molecule has 1 saturated carbocycles. The number of benzene rings is 2. The Bertz CT molecular complexity index is 644. The van der Waals surface area contributed by atoms with Gasteiger partial charge in [0, 0.05) is 6.04 Å². The van der Waals surface area contributed by atoms with Crippen LogP contribution < -0.4 is 5.32 Å². The van der Waals surface area contributed by atoms with Crippen molar-refractivity contribution in [2.45, 2.75) is 51.5 Å². The van der Waals surface area contributed by atoms with Gasteiger partial charge in [-0.15, -0.1) is 0 Å². The summed E-state index contributed by atoms with van der Waals surface area (Å²) in [4.78, 5) is 0. The molecule has 1 fully saturated rings. The van der Waals surface area contributed by atoms with Crippen molar-refractivity contribution < 1.29 is 0 Å². The first-order chi connectivity index (χ1) is 10.4. The molecule has 21 heavy (non-hydrogen) atoms. The van der Waals surface area contributed by atoms with Gasteiger partial charge in [-0.05, 0) is 72.0 Å². The van der Waals surface area contributed by atoms with Crippen LogP contribution in [0.4, 0.5) is 0 Å². The standard InChI is InChI=1S/C20H25N/c1-2-13-21-20(16-6-3-7-16)18-12-11-15-10-9-14-5-4-8-17(18)19(14)15/h4-5,8,11-12,16,20-21H,2-3,6-7,9-10,13H2,1H3. The van der Waals surface area contributed by atoms with Crippen LogP contribution in [0.3, 0.4) is 0 Å². The SMILES string of the molecule is CCCNC(c1ccc2c3c(cccc13)CC2)C1CCC1. The van der Waals surface area contributed by atoms with Crippen LogP contribution in [0.5, 0.6) is 0 Å².